The summed E-state index contributed by atoms with van der Waals surface area (Å²) in [6.07, 6.45) is 7.50. The van der Waals surface area contributed by atoms with Gasteiger partial charge in [0.2, 0.25) is 0 Å². The summed E-state index contributed by atoms with van der Waals surface area (Å²) in [5, 5.41) is 3.43. The highest BCUT2D eigenvalue weighted by Crippen LogP contribution is 2.50. The second-order valence-electron chi connectivity index (χ2n) is 6.35. The molecule has 0 spiro atoms. The Morgan fingerprint density at radius 1 is 1.19 bits per heavy atom. The summed E-state index contributed by atoms with van der Waals surface area (Å²) in [5.41, 5.74) is 0. The number of likely N-dealkylation sites (tertiary alicyclic amines) is 1. The zero-order valence-corrected chi connectivity index (χ0v) is 10.8. The van der Waals surface area contributed by atoms with Crippen LogP contribution in [0.1, 0.15) is 39.0 Å². The van der Waals surface area contributed by atoms with Crippen molar-refractivity contribution in [2.45, 2.75) is 51.1 Å². The van der Waals surface area contributed by atoms with Crippen molar-refractivity contribution < 1.29 is 0 Å². The van der Waals surface area contributed by atoms with Crippen LogP contribution in [0, 0.1) is 17.8 Å². The van der Waals surface area contributed by atoms with Crippen molar-refractivity contribution in [3.63, 3.8) is 0 Å². The molecule has 2 aliphatic carbocycles. The Labute approximate surface area is 99.8 Å². The molecule has 5 atom stereocenters. The highest BCUT2D eigenvalue weighted by Gasteiger charge is 2.43. The average Bonchev–Trinajstić information content (AvgIpc) is 3.03. The molecule has 0 aromatic heterocycles. The number of likely N-dealkylation sites (N-methyl/N-ethyl adjacent to an activating group) is 1. The van der Waals surface area contributed by atoms with Gasteiger partial charge in [-0.05, 0) is 57.4 Å². The van der Waals surface area contributed by atoms with Crippen molar-refractivity contribution in [3.05, 3.63) is 0 Å². The Bertz CT molecular complexity index is 253. The van der Waals surface area contributed by atoms with E-state index in [1.54, 1.807) is 6.42 Å². The van der Waals surface area contributed by atoms with Crippen molar-refractivity contribution >= 4 is 0 Å². The normalized spacial score (nSPS) is 45.4. The summed E-state index contributed by atoms with van der Waals surface area (Å²) < 4.78 is 0. The summed E-state index contributed by atoms with van der Waals surface area (Å²) in [6.45, 7) is 5.09. The fourth-order valence-electron chi connectivity index (χ4n) is 4.55. The summed E-state index contributed by atoms with van der Waals surface area (Å²) in [7, 11) is 2.11. The molecule has 5 unspecified atom stereocenters. The molecule has 1 saturated heterocycles. The van der Waals surface area contributed by atoms with Crippen LogP contribution in [0.2, 0.25) is 0 Å². The Balaban J connectivity index is 1.59. The first-order valence-corrected chi connectivity index (χ1v) is 7.19. The molecule has 2 saturated carbocycles. The van der Waals surface area contributed by atoms with E-state index in [0.717, 1.165) is 29.8 Å². The summed E-state index contributed by atoms with van der Waals surface area (Å²) in [5.74, 6) is 3.20. The van der Waals surface area contributed by atoms with Crippen LogP contribution in [-0.2, 0) is 0 Å². The lowest BCUT2D eigenvalue weighted by Crippen LogP contribution is -2.40. The SMILES string of the molecule is CNC1CCN(C(C)C2CC3CCC2C3)C1. The molecule has 2 nitrogen and oxygen atoms in total. The molecular formula is C14H26N2. The van der Waals surface area contributed by atoms with E-state index in [9.17, 15) is 0 Å². The maximum Gasteiger partial charge on any atom is 0.0204 e. The van der Waals surface area contributed by atoms with Crippen LogP contribution in [0.4, 0.5) is 0 Å². The minimum atomic E-state index is 0.751. The summed E-state index contributed by atoms with van der Waals surface area (Å²) in [4.78, 5) is 2.74. The third kappa shape index (κ3) is 1.80. The molecule has 0 aromatic rings. The van der Waals surface area contributed by atoms with E-state index in [4.69, 9.17) is 0 Å². The maximum atomic E-state index is 3.43. The van der Waals surface area contributed by atoms with Crippen molar-refractivity contribution in [1.82, 2.24) is 10.2 Å². The molecule has 3 rings (SSSR count). The molecule has 1 heterocycles. The van der Waals surface area contributed by atoms with E-state index in [1.807, 2.05) is 0 Å². The van der Waals surface area contributed by atoms with Gasteiger partial charge in [-0.15, -0.1) is 0 Å². The molecule has 1 aliphatic heterocycles. The lowest BCUT2D eigenvalue weighted by Gasteiger charge is -2.34. The molecular weight excluding hydrogens is 196 g/mol. The quantitative estimate of drug-likeness (QED) is 0.787. The predicted molar refractivity (Wildman–Crippen MR) is 67.4 cm³/mol. The van der Waals surface area contributed by atoms with E-state index >= 15 is 0 Å². The van der Waals surface area contributed by atoms with Gasteiger partial charge in [0.1, 0.15) is 0 Å². The Kier molecular flexibility index (Phi) is 2.97. The van der Waals surface area contributed by atoms with Crippen LogP contribution >= 0.6 is 0 Å². The number of hydrogen-bond donors (Lipinski definition) is 1. The monoisotopic (exact) mass is 222 g/mol. The zero-order chi connectivity index (χ0) is 11.1. The molecule has 2 bridgehead atoms. The molecule has 3 fully saturated rings. The molecule has 0 radical (unpaired) electrons. The van der Waals surface area contributed by atoms with Crippen molar-refractivity contribution in [3.8, 4) is 0 Å². The highest BCUT2D eigenvalue weighted by molar-refractivity contribution is 4.96. The maximum absolute atomic E-state index is 3.43. The molecule has 0 aromatic carbocycles. The fraction of sp³-hybridized carbons (Fsp3) is 1.00. The largest absolute Gasteiger partial charge is 0.316 e. The topological polar surface area (TPSA) is 15.3 Å². The van der Waals surface area contributed by atoms with E-state index in [0.29, 0.717) is 0 Å². The first-order chi connectivity index (χ1) is 7.78. The minimum absolute atomic E-state index is 0.751. The lowest BCUT2D eigenvalue weighted by molar-refractivity contribution is 0.142. The van der Waals surface area contributed by atoms with Gasteiger partial charge in [0.15, 0.2) is 0 Å². The second-order valence-corrected chi connectivity index (χ2v) is 6.35. The van der Waals surface area contributed by atoms with Gasteiger partial charge in [0.25, 0.3) is 0 Å². The van der Waals surface area contributed by atoms with Crippen molar-refractivity contribution in [1.29, 1.82) is 0 Å². The Morgan fingerprint density at radius 2 is 2.06 bits per heavy atom. The third-order valence-corrected chi connectivity index (χ3v) is 5.62. The molecule has 2 heteroatoms. The molecule has 1 N–H and O–H groups in total. The highest BCUT2D eigenvalue weighted by atomic mass is 15.2. The predicted octanol–water partition coefficient (Wildman–Crippen LogP) is 2.10. The number of fused-ring (bicyclic) bond motifs is 2. The average molecular weight is 222 g/mol. The molecule has 16 heavy (non-hydrogen) atoms. The van der Waals surface area contributed by atoms with E-state index in [1.165, 1.54) is 38.8 Å². The second kappa shape index (κ2) is 4.30. The van der Waals surface area contributed by atoms with E-state index in [2.05, 4.69) is 24.2 Å². The van der Waals surface area contributed by atoms with Crippen LogP contribution < -0.4 is 5.32 Å². The van der Waals surface area contributed by atoms with Gasteiger partial charge in [-0.2, -0.15) is 0 Å². The fourth-order valence-corrected chi connectivity index (χ4v) is 4.55. The molecule has 0 amide bonds. The lowest BCUT2D eigenvalue weighted by atomic mass is 9.83. The van der Waals surface area contributed by atoms with Gasteiger partial charge in [-0.1, -0.05) is 6.42 Å². The first kappa shape index (κ1) is 11.0. The van der Waals surface area contributed by atoms with Crippen molar-refractivity contribution in [2.75, 3.05) is 20.1 Å². The minimum Gasteiger partial charge on any atom is -0.316 e. The van der Waals surface area contributed by atoms with Gasteiger partial charge in [0, 0.05) is 25.2 Å². The number of hydrogen-bond acceptors (Lipinski definition) is 2. The van der Waals surface area contributed by atoms with Crippen molar-refractivity contribution in [2.24, 2.45) is 17.8 Å². The smallest absolute Gasteiger partial charge is 0.0204 e. The zero-order valence-electron chi connectivity index (χ0n) is 10.8. The van der Waals surface area contributed by atoms with Gasteiger partial charge in [-0.25, -0.2) is 0 Å². The van der Waals surface area contributed by atoms with Gasteiger partial charge >= 0.3 is 0 Å². The van der Waals surface area contributed by atoms with E-state index < -0.39 is 0 Å². The van der Waals surface area contributed by atoms with Gasteiger partial charge in [-0.3, -0.25) is 4.90 Å². The number of nitrogens with one attached hydrogen (secondary N) is 1. The van der Waals surface area contributed by atoms with Crippen LogP contribution in [0.3, 0.4) is 0 Å². The standard InChI is InChI=1S/C14H26N2/c1-10(16-6-5-13(9-16)15-2)14-8-11-3-4-12(14)7-11/h10-15H,3-9H2,1-2H3. The molecule has 92 valence electrons. The van der Waals surface area contributed by atoms with Gasteiger partial charge in [0.05, 0.1) is 0 Å². The Hall–Kier alpha value is -0.0800. The molecule has 3 aliphatic rings. The first-order valence-electron chi connectivity index (χ1n) is 7.19. The van der Waals surface area contributed by atoms with Crippen LogP contribution in [0.5, 0.6) is 0 Å². The summed E-state index contributed by atoms with van der Waals surface area (Å²) in [6, 6.07) is 1.59. The number of nitrogens with zero attached hydrogens (tertiary/aromatic N) is 1. The summed E-state index contributed by atoms with van der Waals surface area (Å²) >= 11 is 0. The Morgan fingerprint density at radius 3 is 2.62 bits per heavy atom. The van der Waals surface area contributed by atoms with E-state index in [-0.39, 0.29) is 0 Å². The van der Waals surface area contributed by atoms with Gasteiger partial charge < -0.3 is 5.32 Å². The van der Waals surface area contributed by atoms with Crippen LogP contribution in [-0.4, -0.2) is 37.1 Å². The van der Waals surface area contributed by atoms with Crippen LogP contribution in [0.15, 0.2) is 0 Å². The third-order valence-electron chi connectivity index (χ3n) is 5.62. The number of rotatable bonds is 3. The van der Waals surface area contributed by atoms with Crippen LogP contribution in [0.25, 0.3) is 0 Å².